The Labute approximate surface area is 130 Å². The van der Waals surface area contributed by atoms with Crippen LogP contribution < -0.4 is 4.74 Å². The second-order valence-electron chi connectivity index (χ2n) is 6.01. The molecule has 0 amide bonds. The number of aliphatic hydroxyl groups excluding tert-OH is 1. The van der Waals surface area contributed by atoms with Gasteiger partial charge in [0.1, 0.15) is 5.75 Å². The van der Waals surface area contributed by atoms with E-state index >= 15 is 0 Å². The highest BCUT2D eigenvalue weighted by Gasteiger charge is 2.26. The molecule has 1 atom stereocenters. The third-order valence-corrected chi connectivity index (χ3v) is 5.48. The highest BCUT2D eigenvalue weighted by atomic mass is 79.9. The molecule has 0 heterocycles. The summed E-state index contributed by atoms with van der Waals surface area (Å²) in [4.78, 5) is 0. The van der Waals surface area contributed by atoms with Crippen LogP contribution in [0.15, 0.2) is 22.7 Å². The third-order valence-electron chi connectivity index (χ3n) is 4.62. The SMILES string of the molecule is Cc1c(Br)cccc1OC1CCC([C@@H](C)CCO)CC1. The van der Waals surface area contributed by atoms with Crippen LogP contribution in [0.3, 0.4) is 0 Å². The van der Waals surface area contributed by atoms with Crippen LogP contribution in [0.1, 0.15) is 44.6 Å². The summed E-state index contributed by atoms with van der Waals surface area (Å²) in [6.45, 7) is 4.67. The molecule has 0 unspecified atom stereocenters. The van der Waals surface area contributed by atoms with E-state index in [0.717, 1.165) is 35.4 Å². The Bertz CT molecular complexity index is 425. The van der Waals surface area contributed by atoms with Crippen LogP contribution in [0.25, 0.3) is 0 Å². The standard InChI is InChI=1S/C17H25BrO2/c1-12(10-11-19)14-6-8-15(9-7-14)20-17-5-3-4-16(18)13(17)2/h3-5,12,14-15,19H,6-11H2,1-2H3/t12-,14?,15?/m0/s1. The van der Waals surface area contributed by atoms with E-state index in [0.29, 0.717) is 18.6 Å². The van der Waals surface area contributed by atoms with Gasteiger partial charge in [-0.15, -0.1) is 0 Å². The molecule has 20 heavy (non-hydrogen) atoms. The zero-order valence-electron chi connectivity index (χ0n) is 12.4. The van der Waals surface area contributed by atoms with Crippen LogP contribution in [0.4, 0.5) is 0 Å². The first kappa shape index (κ1) is 15.8. The molecular formula is C17H25BrO2. The summed E-state index contributed by atoms with van der Waals surface area (Å²) in [5.74, 6) is 2.39. The Morgan fingerprint density at radius 1 is 1.30 bits per heavy atom. The van der Waals surface area contributed by atoms with E-state index in [-0.39, 0.29) is 0 Å². The first-order valence-corrected chi connectivity index (χ1v) is 8.43. The molecule has 0 radical (unpaired) electrons. The predicted molar refractivity (Wildman–Crippen MR) is 86.1 cm³/mol. The van der Waals surface area contributed by atoms with Gasteiger partial charge in [0.15, 0.2) is 0 Å². The van der Waals surface area contributed by atoms with Gasteiger partial charge in [0.2, 0.25) is 0 Å². The molecule has 0 saturated heterocycles. The van der Waals surface area contributed by atoms with E-state index in [1.807, 2.05) is 6.07 Å². The number of hydrogen-bond donors (Lipinski definition) is 1. The largest absolute Gasteiger partial charge is 0.490 e. The minimum atomic E-state index is 0.314. The van der Waals surface area contributed by atoms with Gasteiger partial charge in [-0.3, -0.25) is 0 Å². The van der Waals surface area contributed by atoms with Gasteiger partial charge >= 0.3 is 0 Å². The average Bonchev–Trinajstić information content (AvgIpc) is 2.45. The lowest BCUT2D eigenvalue weighted by Gasteiger charge is -2.32. The molecule has 0 aliphatic heterocycles. The summed E-state index contributed by atoms with van der Waals surface area (Å²) < 4.78 is 7.29. The minimum Gasteiger partial charge on any atom is -0.490 e. The van der Waals surface area contributed by atoms with Crippen LogP contribution in [-0.2, 0) is 0 Å². The molecule has 0 aromatic heterocycles. The number of hydrogen-bond acceptors (Lipinski definition) is 2. The van der Waals surface area contributed by atoms with Crippen molar-refractivity contribution in [2.45, 2.75) is 52.1 Å². The lowest BCUT2D eigenvalue weighted by Crippen LogP contribution is -2.27. The van der Waals surface area contributed by atoms with E-state index in [1.54, 1.807) is 0 Å². The zero-order valence-corrected chi connectivity index (χ0v) is 14.0. The number of aliphatic hydroxyl groups is 1. The van der Waals surface area contributed by atoms with Gasteiger partial charge in [-0.2, -0.15) is 0 Å². The van der Waals surface area contributed by atoms with Gasteiger partial charge in [-0.1, -0.05) is 28.9 Å². The van der Waals surface area contributed by atoms with Crippen LogP contribution in [-0.4, -0.2) is 17.8 Å². The highest BCUT2D eigenvalue weighted by Crippen LogP contribution is 2.34. The molecule has 1 fully saturated rings. The predicted octanol–water partition coefficient (Wildman–Crippen LogP) is 4.71. The van der Waals surface area contributed by atoms with Gasteiger partial charge in [-0.25, -0.2) is 0 Å². The Morgan fingerprint density at radius 2 is 2.00 bits per heavy atom. The molecule has 0 spiro atoms. The molecule has 1 aromatic carbocycles. The van der Waals surface area contributed by atoms with Crippen molar-refractivity contribution in [3.63, 3.8) is 0 Å². The first-order valence-electron chi connectivity index (χ1n) is 7.64. The second kappa shape index (κ2) is 7.46. The zero-order chi connectivity index (χ0) is 14.5. The number of rotatable bonds is 5. The van der Waals surface area contributed by atoms with Crippen LogP contribution in [0.2, 0.25) is 0 Å². The second-order valence-corrected chi connectivity index (χ2v) is 6.86. The minimum absolute atomic E-state index is 0.314. The fraction of sp³-hybridized carbons (Fsp3) is 0.647. The number of halogens is 1. The molecule has 3 heteroatoms. The van der Waals surface area contributed by atoms with Crippen LogP contribution in [0, 0.1) is 18.8 Å². The molecule has 112 valence electrons. The van der Waals surface area contributed by atoms with Crippen molar-refractivity contribution in [1.82, 2.24) is 0 Å². The molecule has 0 bridgehead atoms. The van der Waals surface area contributed by atoms with E-state index in [9.17, 15) is 0 Å². The van der Waals surface area contributed by atoms with Gasteiger partial charge in [0.25, 0.3) is 0 Å². The molecular weight excluding hydrogens is 316 g/mol. The van der Waals surface area contributed by atoms with Crippen molar-refractivity contribution in [2.24, 2.45) is 11.8 Å². The van der Waals surface area contributed by atoms with Crippen molar-refractivity contribution in [1.29, 1.82) is 0 Å². The molecule has 1 aromatic rings. The number of benzene rings is 1. The molecule has 1 aliphatic rings. The fourth-order valence-electron chi connectivity index (χ4n) is 3.11. The van der Waals surface area contributed by atoms with Crippen molar-refractivity contribution in [2.75, 3.05) is 6.61 Å². The summed E-state index contributed by atoms with van der Waals surface area (Å²) in [6, 6.07) is 6.14. The lowest BCUT2D eigenvalue weighted by molar-refractivity contribution is 0.105. The maximum atomic E-state index is 9.04. The molecule has 1 aliphatic carbocycles. The summed E-state index contributed by atoms with van der Waals surface area (Å²) in [5, 5.41) is 9.04. The van der Waals surface area contributed by atoms with Crippen molar-refractivity contribution < 1.29 is 9.84 Å². The highest BCUT2D eigenvalue weighted by molar-refractivity contribution is 9.10. The van der Waals surface area contributed by atoms with Gasteiger partial charge < -0.3 is 9.84 Å². The van der Waals surface area contributed by atoms with Crippen LogP contribution in [0.5, 0.6) is 5.75 Å². The molecule has 1 N–H and O–H groups in total. The summed E-state index contributed by atoms with van der Waals surface area (Å²) in [5.41, 5.74) is 1.18. The van der Waals surface area contributed by atoms with E-state index < -0.39 is 0 Å². The summed E-state index contributed by atoms with van der Waals surface area (Å²) in [7, 11) is 0. The Balaban J connectivity index is 1.87. The summed E-state index contributed by atoms with van der Waals surface area (Å²) >= 11 is 3.55. The molecule has 2 rings (SSSR count). The van der Waals surface area contributed by atoms with Crippen LogP contribution >= 0.6 is 15.9 Å². The maximum Gasteiger partial charge on any atom is 0.123 e. The van der Waals surface area contributed by atoms with Gasteiger partial charge in [0, 0.05) is 16.6 Å². The van der Waals surface area contributed by atoms with Crippen molar-refractivity contribution in [3.05, 3.63) is 28.2 Å². The maximum absolute atomic E-state index is 9.04. The van der Waals surface area contributed by atoms with Crippen molar-refractivity contribution in [3.8, 4) is 5.75 Å². The third kappa shape index (κ3) is 3.98. The average molecular weight is 341 g/mol. The van der Waals surface area contributed by atoms with E-state index in [4.69, 9.17) is 9.84 Å². The van der Waals surface area contributed by atoms with Gasteiger partial charge in [0.05, 0.1) is 6.10 Å². The van der Waals surface area contributed by atoms with E-state index in [2.05, 4.69) is 41.9 Å². The smallest absolute Gasteiger partial charge is 0.123 e. The quantitative estimate of drug-likeness (QED) is 0.840. The monoisotopic (exact) mass is 340 g/mol. The Morgan fingerprint density at radius 3 is 2.65 bits per heavy atom. The summed E-state index contributed by atoms with van der Waals surface area (Å²) in [6.07, 6.45) is 5.98. The van der Waals surface area contributed by atoms with Crippen molar-refractivity contribution >= 4 is 15.9 Å². The first-order chi connectivity index (χ1) is 9.61. The lowest BCUT2D eigenvalue weighted by atomic mass is 9.78. The topological polar surface area (TPSA) is 29.5 Å². The number of ether oxygens (including phenoxy) is 1. The molecule has 1 saturated carbocycles. The fourth-order valence-corrected chi connectivity index (χ4v) is 3.46. The normalized spacial score (nSPS) is 24.4. The Kier molecular flexibility index (Phi) is 5.91. The molecule has 2 nitrogen and oxygen atoms in total. The Hall–Kier alpha value is -0.540. The van der Waals surface area contributed by atoms with Gasteiger partial charge in [-0.05, 0) is 63.0 Å². The van der Waals surface area contributed by atoms with E-state index in [1.165, 1.54) is 18.4 Å².